The molecule has 5 heteroatoms. The number of nitriles is 1. The van der Waals surface area contributed by atoms with Crippen LogP contribution in [-0.4, -0.2) is 30.6 Å². The van der Waals surface area contributed by atoms with Gasteiger partial charge in [0.25, 0.3) is 0 Å². The highest BCUT2D eigenvalue weighted by Crippen LogP contribution is 2.43. The van der Waals surface area contributed by atoms with Gasteiger partial charge in [0.2, 0.25) is 0 Å². The molecule has 0 radical (unpaired) electrons. The Hall–Kier alpha value is -0.600. The second kappa shape index (κ2) is 4.95. The van der Waals surface area contributed by atoms with Crippen LogP contribution in [0, 0.1) is 16.7 Å². The summed E-state index contributed by atoms with van der Waals surface area (Å²) in [7, 11) is -3.16. The van der Waals surface area contributed by atoms with E-state index in [1.54, 1.807) is 6.92 Å². The largest absolute Gasteiger partial charge is 0.388 e. The van der Waals surface area contributed by atoms with Gasteiger partial charge in [-0.15, -0.1) is 0 Å². The minimum absolute atomic E-state index is 0.0183. The van der Waals surface area contributed by atoms with E-state index >= 15 is 0 Å². The van der Waals surface area contributed by atoms with Crippen LogP contribution in [0.2, 0.25) is 0 Å². The molecular formula is C12H21NO3S. The van der Waals surface area contributed by atoms with Crippen LogP contribution in [-0.2, 0) is 9.84 Å². The average molecular weight is 259 g/mol. The Morgan fingerprint density at radius 3 is 2.53 bits per heavy atom. The van der Waals surface area contributed by atoms with Crippen molar-refractivity contribution >= 4 is 9.84 Å². The molecule has 2 unspecified atom stereocenters. The number of unbranched alkanes of at least 4 members (excludes halogenated alkanes) is 2. The monoisotopic (exact) mass is 259 g/mol. The maximum Gasteiger partial charge on any atom is 0.152 e. The molecule has 1 saturated heterocycles. The minimum atomic E-state index is -3.16. The van der Waals surface area contributed by atoms with Crippen molar-refractivity contribution in [3.63, 3.8) is 0 Å². The molecule has 4 nitrogen and oxygen atoms in total. The van der Waals surface area contributed by atoms with Crippen LogP contribution in [0.1, 0.15) is 46.0 Å². The van der Waals surface area contributed by atoms with Crippen LogP contribution in [0.15, 0.2) is 0 Å². The Kier molecular flexibility index (Phi) is 4.21. The van der Waals surface area contributed by atoms with Gasteiger partial charge in [0.1, 0.15) is 5.41 Å². The lowest BCUT2D eigenvalue weighted by atomic mass is 9.71. The minimum Gasteiger partial charge on any atom is -0.388 e. The number of aliphatic hydroxyl groups is 1. The molecule has 0 aliphatic carbocycles. The Morgan fingerprint density at radius 2 is 2.12 bits per heavy atom. The topological polar surface area (TPSA) is 78.2 Å². The highest BCUT2D eigenvalue weighted by molar-refractivity contribution is 7.91. The maximum absolute atomic E-state index is 11.5. The van der Waals surface area contributed by atoms with E-state index in [1.165, 1.54) is 0 Å². The maximum atomic E-state index is 11.5. The van der Waals surface area contributed by atoms with Crippen molar-refractivity contribution < 1.29 is 13.5 Å². The average Bonchev–Trinajstić information content (AvgIpc) is 2.56. The van der Waals surface area contributed by atoms with Crippen LogP contribution in [0.5, 0.6) is 0 Å². The van der Waals surface area contributed by atoms with Crippen LogP contribution in [0.4, 0.5) is 0 Å². The van der Waals surface area contributed by atoms with Crippen molar-refractivity contribution in [3.8, 4) is 6.07 Å². The second-order valence-electron chi connectivity index (χ2n) is 5.27. The van der Waals surface area contributed by atoms with Crippen molar-refractivity contribution in [2.24, 2.45) is 5.41 Å². The quantitative estimate of drug-likeness (QED) is 0.761. The molecule has 1 N–H and O–H groups in total. The lowest BCUT2D eigenvalue weighted by molar-refractivity contribution is -0.0357. The molecule has 17 heavy (non-hydrogen) atoms. The predicted octanol–water partition coefficient (Wildman–Crippen LogP) is 1.65. The molecule has 0 aromatic carbocycles. The summed E-state index contributed by atoms with van der Waals surface area (Å²) in [5, 5.41) is 19.7. The third-order valence-corrected chi connectivity index (χ3v) is 5.58. The third kappa shape index (κ3) is 2.99. The summed E-state index contributed by atoms with van der Waals surface area (Å²) in [5.74, 6) is -0.180. The second-order valence-corrected chi connectivity index (χ2v) is 7.45. The number of rotatable bonds is 5. The highest BCUT2D eigenvalue weighted by Gasteiger charge is 2.54. The van der Waals surface area contributed by atoms with Gasteiger partial charge in [-0.2, -0.15) is 5.26 Å². The molecule has 2 atom stereocenters. The molecule has 98 valence electrons. The van der Waals surface area contributed by atoms with E-state index < -0.39 is 20.9 Å². The number of sulfone groups is 1. The van der Waals surface area contributed by atoms with E-state index in [1.807, 2.05) is 0 Å². The zero-order chi connectivity index (χ0) is 13.2. The molecule has 0 aromatic heterocycles. The standard InChI is InChI=1S/C12H21NO3S/c1-3-4-5-6-11(2,14)12(9-13)7-8-17(15,16)10-12/h14H,3-8,10H2,1-2H3. The van der Waals surface area contributed by atoms with E-state index in [9.17, 15) is 18.8 Å². The third-order valence-electron chi connectivity index (χ3n) is 3.82. The van der Waals surface area contributed by atoms with Crippen LogP contribution in [0.25, 0.3) is 0 Å². The molecule has 1 aliphatic heterocycles. The van der Waals surface area contributed by atoms with Crippen molar-refractivity contribution in [2.75, 3.05) is 11.5 Å². The fourth-order valence-corrected chi connectivity index (χ4v) is 4.52. The summed E-state index contributed by atoms with van der Waals surface area (Å²) in [6.45, 7) is 3.67. The van der Waals surface area contributed by atoms with Crippen molar-refractivity contribution in [1.82, 2.24) is 0 Å². The van der Waals surface area contributed by atoms with Gasteiger partial charge in [0.05, 0.1) is 23.2 Å². The van der Waals surface area contributed by atoms with E-state index in [0.717, 1.165) is 19.3 Å². The molecular weight excluding hydrogens is 238 g/mol. The number of hydrogen-bond donors (Lipinski definition) is 1. The predicted molar refractivity (Wildman–Crippen MR) is 66.1 cm³/mol. The van der Waals surface area contributed by atoms with Gasteiger partial charge >= 0.3 is 0 Å². The highest BCUT2D eigenvalue weighted by atomic mass is 32.2. The fourth-order valence-electron chi connectivity index (χ4n) is 2.44. The summed E-state index contributed by atoms with van der Waals surface area (Å²) in [4.78, 5) is 0. The van der Waals surface area contributed by atoms with Gasteiger partial charge in [-0.1, -0.05) is 26.2 Å². The molecule has 1 fully saturated rings. The Bertz CT molecular complexity index is 408. The molecule has 0 amide bonds. The lowest BCUT2D eigenvalue weighted by Crippen LogP contribution is -2.46. The van der Waals surface area contributed by atoms with Crippen molar-refractivity contribution in [2.45, 2.75) is 51.6 Å². The van der Waals surface area contributed by atoms with Crippen molar-refractivity contribution in [1.29, 1.82) is 5.26 Å². The molecule has 1 aliphatic rings. The fraction of sp³-hybridized carbons (Fsp3) is 0.917. The van der Waals surface area contributed by atoms with Gasteiger partial charge in [-0.05, 0) is 19.8 Å². The zero-order valence-electron chi connectivity index (χ0n) is 10.6. The summed E-state index contributed by atoms with van der Waals surface area (Å²) in [5.41, 5.74) is -2.32. The first-order chi connectivity index (χ1) is 7.79. The van der Waals surface area contributed by atoms with Gasteiger partial charge < -0.3 is 5.11 Å². The first-order valence-corrected chi connectivity index (χ1v) is 7.95. The van der Waals surface area contributed by atoms with Crippen molar-refractivity contribution in [3.05, 3.63) is 0 Å². The van der Waals surface area contributed by atoms with Crippen LogP contribution < -0.4 is 0 Å². The van der Waals surface area contributed by atoms with E-state index in [4.69, 9.17) is 0 Å². The molecule has 0 spiro atoms. The van der Waals surface area contributed by atoms with Gasteiger partial charge in [0.15, 0.2) is 9.84 Å². The first-order valence-electron chi connectivity index (χ1n) is 6.13. The molecule has 1 heterocycles. The first kappa shape index (κ1) is 14.5. The zero-order valence-corrected chi connectivity index (χ0v) is 11.4. The molecule has 1 rings (SSSR count). The number of nitrogens with zero attached hydrogens (tertiary/aromatic N) is 1. The Morgan fingerprint density at radius 1 is 1.47 bits per heavy atom. The van der Waals surface area contributed by atoms with Gasteiger partial charge in [-0.3, -0.25) is 0 Å². The van der Waals surface area contributed by atoms with Gasteiger partial charge in [-0.25, -0.2) is 8.42 Å². The summed E-state index contributed by atoms with van der Waals surface area (Å²) < 4.78 is 23.0. The van der Waals surface area contributed by atoms with E-state index in [2.05, 4.69) is 13.0 Å². The van der Waals surface area contributed by atoms with E-state index in [-0.39, 0.29) is 17.9 Å². The summed E-state index contributed by atoms with van der Waals surface area (Å²) >= 11 is 0. The Balaban J connectivity index is 2.84. The Labute approximate surface area is 104 Å². The summed E-state index contributed by atoms with van der Waals surface area (Å²) in [6, 6.07) is 2.07. The SMILES string of the molecule is CCCCCC(C)(O)C1(C#N)CCS(=O)(=O)C1. The normalized spacial score (nSPS) is 30.7. The smallest absolute Gasteiger partial charge is 0.152 e. The van der Waals surface area contributed by atoms with Crippen LogP contribution in [0.3, 0.4) is 0 Å². The number of hydrogen-bond acceptors (Lipinski definition) is 4. The summed E-state index contributed by atoms with van der Waals surface area (Å²) in [6.07, 6.45) is 3.60. The van der Waals surface area contributed by atoms with Crippen LogP contribution >= 0.6 is 0 Å². The van der Waals surface area contributed by atoms with Gasteiger partial charge in [0, 0.05) is 0 Å². The van der Waals surface area contributed by atoms with E-state index in [0.29, 0.717) is 6.42 Å². The molecule has 0 saturated carbocycles. The molecule has 0 aromatic rings. The molecule has 0 bridgehead atoms. The lowest BCUT2D eigenvalue weighted by Gasteiger charge is -2.36.